The Morgan fingerprint density at radius 1 is 1.18 bits per heavy atom. The molecule has 0 aliphatic heterocycles. The van der Waals surface area contributed by atoms with Gasteiger partial charge in [0.2, 0.25) is 0 Å². The zero-order chi connectivity index (χ0) is 12.6. The fourth-order valence-electron chi connectivity index (χ4n) is 1.97. The zero-order valence-corrected chi connectivity index (χ0v) is 10.9. The molecule has 0 atom stereocenters. The fourth-order valence-corrected chi connectivity index (χ4v) is 1.97. The Balaban J connectivity index is 2.53. The van der Waals surface area contributed by atoms with E-state index in [0.717, 1.165) is 22.9 Å². The third kappa shape index (κ3) is 2.05. The number of imidazole rings is 1. The van der Waals surface area contributed by atoms with Crippen molar-refractivity contribution in [1.29, 1.82) is 0 Å². The van der Waals surface area contributed by atoms with E-state index >= 15 is 0 Å². The summed E-state index contributed by atoms with van der Waals surface area (Å²) in [5, 5.41) is 0. The predicted octanol–water partition coefficient (Wildman–Crippen LogP) is 3.10. The number of anilines is 1. The van der Waals surface area contributed by atoms with Crippen LogP contribution in [0.1, 0.15) is 31.2 Å². The summed E-state index contributed by atoms with van der Waals surface area (Å²) in [7, 11) is 1.97. The number of rotatable bonds is 2. The number of hydrogen-bond acceptors (Lipinski definition) is 2. The van der Waals surface area contributed by atoms with Crippen LogP contribution in [0.25, 0.3) is 11.3 Å². The standard InChI is InChI=1S/C14H19N3/c1-9(2)14-16-12(13(15)17(14)4)11-7-5-10(3)6-8-11/h5-9H,15H2,1-4H3. The molecule has 0 amide bonds. The molecule has 0 radical (unpaired) electrons. The van der Waals surface area contributed by atoms with E-state index in [1.165, 1.54) is 5.56 Å². The predicted molar refractivity (Wildman–Crippen MR) is 71.9 cm³/mol. The second kappa shape index (κ2) is 4.24. The van der Waals surface area contributed by atoms with E-state index in [2.05, 4.69) is 50.0 Å². The Morgan fingerprint density at radius 2 is 1.76 bits per heavy atom. The van der Waals surface area contributed by atoms with Crippen LogP contribution in [0.4, 0.5) is 5.82 Å². The van der Waals surface area contributed by atoms with Gasteiger partial charge in [0.25, 0.3) is 0 Å². The Morgan fingerprint density at radius 3 is 2.24 bits per heavy atom. The van der Waals surface area contributed by atoms with E-state index in [9.17, 15) is 0 Å². The Kier molecular flexibility index (Phi) is 2.92. The largest absolute Gasteiger partial charge is 0.383 e. The van der Waals surface area contributed by atoms with E-state index in [4.69, 9.17) is 5.73 Å². The quantitative estimate of drug-likeness (QED) is 0.860. The average Bonchev–Trinajstić information content (AvgIpc) is 2.58. The molecule has 1 aromatic carbocycles. The molecule has 0 fully saturated rings. The minimum absolute atomic E-state index is 0.376. The van der Waals surface area contributed by atoms with Crippen molar-refractivity contribution in [3.63, 3.8) is 0 Å². The summed E-state index contributed by atoms with van der Waals surface area (Å²) < 4.78 is 1.97. The van der Waals surface area contributed by atoms with Crippen LogP contribution in [0, 0.1) is 6.92 Å². The van der Waals surface area contributed by atoms with Crippen LogP contribution >= 0.6 is 0 Å². The van der Waals surface area contributed by atoms with E-state index in [-0.39, 0.29) is 0 Å². The summed E-state index contributed by atoms with van der Waals surface area (Å²) in [6.07, 6.45) is 0. The lowest BCUT2D eigenvalue weighted by atomic mass is 10.1. The third-order valence-electron chi connectivity index (χ3n) is 3.02. The number of nitrogens with two attached hydrogens (primary N) is 1. The fraction of sp³-hybridized carbons (Fsp3) is 0.357. The van der Waals surface area contributed by atoms with Crippen molar-refractivity contribution in [3.05, 3.63) is 35.7 Å². The van der Waals surface area contributed by atoms with Crippen molar-refractivity contribution in [2.45, 2.75) is 26.7 Å². The van der Waals surface area contributed by atoms with Crippen LogP contribution in [-0.2, 0) is 7.05 Å². The molecule has 17 heavy (non-hydrogen) atoms. The first-order valence-electron chi connectivity index (χ1n) is 5.90. The van der Waals surface area contributed by atoms with Gasteiger partial charge in [-0.1, -0.05) is 43.7 Å². The van der Waals surface area contributed by atoms with Crippen LogP contribution in [-0.4, -0.2) is 9.55 Å². The average molecular weight is 229 g/mol. The SMILES string of the molecule is Cc1ccc(-c2nc(C(C)C)n(C)c2N)cc1. The molecule has 0 aliphatic carbocycles. The lowest BCUT2D eigenvalue weighted by molar-refractivity contribution is 0.715. The number of hydrogen-bond donors (Lipinski definition) is 1. The molecule has 0 bridgehead atoms. The first-order valence-corrected chi connectivity index (χ1v) is 5.90. The Bertz CT molecular complexity index is 521. The van der Waals surface area contributed by atoms with E-state index < -0.39 is 0 Å². The van der Waals surface area contributed by atoms with Crippen molar-refractivity contribution < 1.29 is 0 Å². The van der Waals surface area contributed by atoms with Gasteiger partial charge in [0.15, 0.2) is 0 Å². The smallest absolute Gasteiger partial charge is 0.131 e. The minimum atomic E-state index is 0.376. The summed E-state index contributed by atoms with van der Waals surface area (Å²) >= 11 is 0. The highest BCUT2D eigenvalue weighted by Crippen LogP contribution is 2.28. The van der Waals surface area contributed by atoms with Gasteiger partial charge in [0.05, 0.1) is 0 Å². The van der Waals surface area contributed by atoms with Crippen LogP contribution in [0.5, 0.6) is 0 Å². The number of nitrogens with zero attached hydrogens (tertiary/aromatic N) is 2. The van der Waals surface area contributed by atoms with Crippen LogP contribution in [0.15, 0.2) is 24.3 Å². The first-order chi connectivity index (χ1) is 8.00. The second-order valence-corrected chi connectivity index (χ2v) is 4.78. The maximum atomic E-state index is 6.11. The van der Waals surface area contributed by atoms with Crippen molar-refractivity contribution >= 4 is 5.82 Å². The van der Waals surface area contributed by atoms with Crippen LogP contribution in [0.2, 0.25) is 0 Å². The van der Waals surface area contributed by atoms with Gasteiger partial charge in [0.1, 0.15) is 17.3 Å². The lowest BCUT2D eigenvalue weighted by Crippen LogP contribution is -2.02. The molecule has 0 saturated heterocycles. The van der Waals surface area contributed by atoms with Gasteiger partial charge in [-0.15, -0.1) is 0 Å². The van der Waals surface area contributed by atoms with Gasteiger partial charge < -0.3 is 10.3 Å². The van der Waals surface area contributed by atoms with Crippen molar-refractivity contribution in [2.75, 3.05) is 5.73 Å². The lowest BCUT2D eigenvalue weighted by Gasteiger charge is -2.04. The highest BCUT2D eigenvalue weighted by Gasteiger charge is 2.15. The van der Waals surface area contributed by atoms with Gasteiger partial charge in [-0.3, -0.25) is 0 Å². The molecule has 1 aromatic heterocycles. The molecule has 1 heterocycles. The number of nitrogen functional groups attached to an aromatic ring is 1. The zero-order valence-electron chi connectivity index (χ0n) is 10.9. The second-order valence-electron chi connectivity index (χ2n) is 4.78. The topological polar surface area (TPSA) is 43.8 Å². The highest BCUT2D eigenvalue weighted by atomic mass is 15.1. The molecular formula is C14H19N3. The Hall–Kier alpha value is -1.77. The van der Waals surface area contributed by atoms with Gasteiger partial charge >= 0.3 is 0 Å². The summed E-state index contributed by atoms with van der Waals surface area (Å²) in [4.78, 5) is 4.65. The molecule has 0 unspecified atom stereocenters. The summed E-state index contributed by atoms with van der Waals surface area (Å²) in [6, 6.07) is 8.30. The Labute approximate surface area is 102 Å². The summed E-state index contributed by atoms with van der Waals surface area (Å²) in [5.41, 5.74) is 9.32. The van der Waals surface area contributed by atoms with Gasteiger partial charge in [-0.2, -0.15) is 0 Å². The molecule has 90 valence electrons. The molecule has 3 nitrogen and oxygen atoms in total. The highest BCUT2D eigenvalue weighted by molar-refractivity contribution is 5.71. The molecule has 3 heteroatoms. The minimum Gasteiger partial charge on any atom is -0.383 e. The third-order valence-corrected chi connectivity index (χ3v) is 3.02. The van der Waals surface area contributed by atoms with Gasteiger partial charge in [-0.25, -0.2) is 4.98 Å². The molecule has 0 saturated carbocycles. The monoisotopic (exact) mass is 229 g/mol. The van der Waals surface area contributed by atoms with Crippen molar-refractivity contribution in [3.8, 4) is 11.3 Å². The molecule has 0 aliphatic rings. The maximum Gasteiger partial charge on any atom is 0.131 e. The molecule has 2 rings (SSSR count). The van der Waals surface area contributed by atoms with E-state index in [1.807, 2.05) is 11.6 Å². The van der Waals surface area contributed by atoms with Crippen LogP contribution in [0.3, 0.4) is 0 Å². The van der Waals surface area contributed by atoms with E-state index in [1.54, 1.807) is 0 Å². The van der Waals surface area contributed by atoms with Crippen LogP contribution < -0.4 is 5.73 Å². The summed E-state index contributed by atoms with van der Waals surface area (Å²) in [5.74, 6) is 2.14. The van der Waals surface area contributed by atoms with Gasteiger partial charge in [-0.05, 0) is 6.92 Å². The number of aryl methyl sites for hydroxylation is 1. The van der Waals surface area contributed by atoms with Crippen molar-refractivity contribution in [1.82, 2.24) is 9.55 Å². The maximum absolute atomic E-state index is 6.11. The van der Waals surface area contributed by atoms with Crippen molar-refractivity contribution in [2.24, 2.45) is 7.05 Å². The molecular weight excluding hydrogens is 210 g/mol. The van der Waals surface area contributed by atoms with E-state index in [0.29, 0.717) is 5.92 Å². The normalized spacial score (nSPS) is 11.1. The first kappa shape index (κ1) is 11.7. The molecule has 0 spiro atoms. The number of aromatic nitrogens is 2. The summed E-state index contributed by atoms with van der Waals surface area (Å²) in [6.45, 7) is 6.33. The molecule has 2 N–H and O–H groups in total. The molecule has 2 aromatic rings. The van der Waals surface area contributed by atoms with Gasteiger partial charge in [0, 0.05) is 18.5 Å². The number of benzene rings is 1.